The van der Waals surface area contributed by atoms with Crippen molar-refractivity contribution >= 4 is 34.6 Å². The van der Waals surface area contributed by atoms with Crippen molar-refractivity contribution in [3.8, 4) is 11.5 Å². The second-order valence-corrected chi connectivity index (χ2v) is 9.17. The van der Waals surface area contributed by atoms with Crippen LogP contribution in [0.15, 0.2) is 65.1 Å². The van der Waals surface area contributed by atoms with Crippen LogP contribution in [0.25, 0.3) is 0 Å². The third-order valence-corrected chi connectivity index (χ3v) is 6.66. The molecule has 9 heteroatoms. The summed E-state index contributed by atoms with van der Waals surface area (Å²) in [5.74, 6) is 1.000. The molecular weight excluding hydrogens is 464 g/mol. The van der Waals surface area contributed by atoms with Crippen molar-refractivity contribution in [2.24, 2.45) is 5.10 Å². The van der Waals surface area contributed by atoms with Gasteiger partial charge in [0, 0.05) is 31.8 Å². The molecule has 1 atom stereocenters. The number of carbonyl (C=O) groups is 2. The van der Waals surface area contributed by atoms with Gasteiger partial charge in [-0.15, -0.1) is 11.3 Å². The number of thiophene rings is 1. The molecule has 2 aromatic carbocycles. The van der Waals surface area contributed by atoms with Crippen molar-refractivity contribution in [2.75, 3.05) is 40.2 Å². The maximum Gasteiger partial charge on any atom is 0.262 e. The Morgan fingerprint density at radius 1 is 1.09 bits per heavy atom. The molecule has 0 unspecified atom stereocenters. The van der Waals surface area contributed by atoms with Gasteiger partial charge in [-0.1, -0.05) is 12.1 Å². The zero-order valence-corrected chi connectivity index (χ0v) is 21.0. The Morgan fingerprint density at radius 3 is 2.46 bits per heavy atom. The minimum absolute atomic E-state index is 0.0615. The number of nitrogens with one attached hydrogen (secondary N) is 1. The van der Waals surface area contributed by atoms with E-state index in [-0.39, 0.29) is 24.4 Å². The highest BCUT2D eigenvalue weighted by Crippen LogP contribution is 2.37. The SMILES string of the molecule is COc1ccc([C@@H]2CC(c3cccs3)=NN2C(=O)CNc2ccc(C(=O)N(C)C)cc2)cc1OC. The number of rotatable bonds is 8. The molecular formula is C26H28N4O4S. The fourth-order valence-corrected chi connectivity index (χ4v) is 4.62. The summed E-state index contributed by atoms with van der Waals surface area (Å²) in [4.78, 5) is 28.0. The molecule has 3 aromatic rings. The van der Waals surface area contributed by atoms with Gasteiger partial charge in [0.05, 0.1) is 37.4 Å². The average Bonchev–Trinajstić information content (AvgIpc) is 3.57. The van der Waals surface area contributed by atoms with E-state index in [0.29, 0.717) is 23.5 Å². The topological polar surface area (TPSA) is 83.5 Å². The first kappa shape index (κ1) is 24.3. The van der Waals surface area contributed by atoms with Crippen molar-refractivity contribution in [3.63, 3.8) is 0 Å². The van der Waals surface area contributed by atoms with Crippen LogP contribution in [-0.4, -0.2) is 62.3 Å². The van der Waals surface area contributed by atoms with Gasteiger partial charge in [0.2, 0.25) is 0 Å². The number of benzene rings is 2. The van der Waals surface area contributed by atoms with E-state index in [0.717, 1.165) is 21.8 Å². The number of ether oxygens (including phenoxy) is 2. The minimum Gasteiger partial charge on any atom is -0.493 e. The van der Waals surface area contributed by atoms with Crippen LogP contribution in [0, 0.1) is 0 Å². The van der Waals surface area contributed by atoms with Crippen LogP contribution in [0.2, 0.25) is 0 Å². The smallest absolute Gasteiger partial charge is 0.262 e. The first-order chi connectivity index (χ1) is 16.9. The molecule has 2 heterocycles. The van der Waals surface area contributed by atoms with Gasteiger partial charge in [-0.2, -0.15) is 5.10 Å². The number of methoxy groups -OCH3 is 2. The molecule has 1 aromatic heterocycles. The van der Waals surface area contributed by atoms with Gasteiger partial charge >= 0.3 is 0 Å². The maximum absolute atomic E-state index is 13.3. The number of hydrogen-bond acceptors (Lipinski definition) is 7. The molecule has 0 radical (unpaired) electrons. The van der Waals surface area contributed by atoms with Gasteiger partial charge in [0.1, 0.15) is 0 Å². The fourth-order valence-electron chi connectivity index (χ4n) is 3.90. The maximum atomic E-state index is 13.3. The standard InChI is InChI=1S/C26H28N4O4S/c1-29(2)26(32)17-7-10-19(11-8-17)27-16-25(31)30-21(15-20(28-30)24-6-5-13-35-24)18-9-12-22(33-3)23(14-18)34-4/h5-14,21,27H,15-16H2,1-4H3/t21-/m0/s1. The van der Waals surface area contributed by atoms with Gasteiger partial charge in [-0.05, 0) is 53.4 Å². The quantitative estimate of drug-likeness (QED) is 0.508. The van der Waals surface area contributed by atoms with E-state index >= 15 is 0 Å². The van der Waals surface area contributed by atoms with Crippen molar-refractivity contribution in [1.29, 1.82) is 0 Å². The third kappa shape index (κ3) is 5.30. The van der Waals surface area contributed by atoms with Gasteiger partial charge in [0.15, 0.2) is 11.5 Å². The first-order valence-electron chi connectivity index (χ1n) is 11.1. The van der Waals surface area contributed by atoms with E-state index < -0.39 is 0 Å². The molecule has 1 N–H and O–H groups in total. The van der Waals surface area contributed by atoms with E-state index in [1.54, 1.807) is 68.9 Å². The lowest BCUT2D eigenvalue weighted by atomic mass is 10.0. The van der Waals surface area contributed by atoms with Crippen molar-refractivity contribution < 1.29 is 19.1 Å². The highest BCUT2D eigenvalue weighted by molar-refractivity contribution is 7.12. The normalized spacial score (nSPS) is 14.9. The zero-order valence-electron chi connectivity index (χ0n) is 20.1. The summed E-state index contributed by atoms with van der Waals surface area (Å²) >= 11 is 1.60. The predicted octanol–water partition coefficient (Wildman–Crippen LogP) is 4.26. The van der Waals surface area contributed by atoms with Crippen molar-refractivity contribution in [3.05, 3.63) is 76.0 Å². The molecule has 35 heavy (non-hydrogen) atoms. The first-order valence-corrected chi connectivity index (χ1v) is 12.0. The van der Waals surface area contributed by atoms with Crippen molar-refractivity contribution in [2.45, 2.75) is 12.5 Å². The minimum atomic E-state index is -0.263. The fraction of sp³-hybridized carbons (Fsp3) is 0.269. The molecule has 2 amide bonds. The average molecular weight is 493 g/mol. The Morgan fingerprint density at radius 2 is 1.83 bits per heavy atom. The van der Waals surface area contributed by atoms with E-state index in [1.807, 2.05) is 35.7 Å². The molecule has 0 fully saturated rings. The number of carbonyl (C=O) groups excluding carboxylic acids is 2. The number of hydrazone groups is 1. The molecule has 0 saturated carbocycles. The van der Waals surface area contributed by atoms with Crippen LogP contribution in [0.1, 0.15) is 33.3 Å². The lowest BCUT2D eigenvalue weighted by molar-refractivity contribution is -0.131. The summed E-state index contributed by atoms with van der Waals surface area (Å²) in [5, 5.41) is 11.4. The number of nitrogens with zero attached hydrogens (tertiary/aromatic N) is 3. The highest BCUT2D eigenvalue weighted by Gasteiger charge is 2.33. The number of hydrogen-bond donors (Lipinski definition) is 1. The zero-order chi connectivity index (χ0) is 24.9. The van der Waals surface area contributed by atoms with E-state index in [4.69, 9.17) is 14.6 Å². The van der Waals surface area contributed by atoms with Gasteiger partial charge in [0.25, 0.3) is 11.8 Å². The Labute approximate surface area is 208 Å². The third-order valence-electron chi connectivity index (χ3n) is 5.75. The van der Waals surface area contributed by atoms with Crippen LogP contribution >= 0.6 is 11.3 Å². The van der Waals surface area contributed by atoms with Gasteiger partial charge < -0.3 is 19.7 Å². The van der Waals surface area contributed by atoms with Crippen LogP contribution in [0.4, 0.5) is 5.69 Å². The number of anilines is 1. The Kier molecular flexibility index (Phi) is 7.36. The molecule has 4 rings (SSSR count). The van der Waals surface area contributed by atoms with Crippen LogP contribution in [-0.2, 0) is 4.79 Å². The Bertz CT molecular complexity index is 1220. The lowest BCUT2D eigenvalue weighted by Gasteiger charge is -2.23. The summed E-state index contributed by atoms with van der Waals surface area (Å²) in [6.45, 7) is 0.0615. The van der Waals surface area contributed by atoms with Crippen molar-refractivity contribution in [1.82, 2.24) is 9.91 Å². The molecule has 1 aliphatic rings. The van der Waals surface area contributed by atoms with Crippen LogP contribution < -0.4 is 14.8 Å². The molecule has 1 aliphatic heterocycles. The van der Waals surface area contributed by atoms with Gasteiger partial charge in [-0.3, -0.25) is 9.59 Å². The monoisotopic (exact) mass is 492 g/mol. The Hall–Kier alpha value is -3.85. The second kappa shape index (κ2) is 10.6. The highest BCUT2D eigenvalue weighted by atomic mass is 32.1. The van der Waals surface area contributed by atoms with Crippen LogP contribution in [0.5, 0.6) is 11.5 Å². The van der Waals surface area contributed by atoms with E-state index in [9.17, 15) is 9.59 Å². The summed E-state index contributed by atoms with van der Waals surface area (Å²) in [6, 6.07) is 16.5. The molecule has 0 bridgehead atoms. The van der Waals surface area contributed by atoms with E-state index in [2.05, 4.69) is 5.32 Å². The van der Waals surface area contributed by atoms with Gasteiger partial charge in [-0.25, -0.2) is 5.01 Å². The summed E-state index contributed by atoms with van der Waals surface area (Å²) in [5.41, 5.74) is 3.13. The molecule has 8 nitrogen and oxygen atoms in total. The van der Waals surface area contributed by atoms with E-state index in [1.165, 1.54) is 4.90 Å². The summed E-state index contributed by atoms with van der Waals surface area (Å²) in [7, 11) is 6.61. The lowest BCUT2D eigenvalue weighted by Crippen LogP contribution is -2.32. The molecule has 0 aliphatic carbocycles. The molecule has 0 saturated heterocycles. The second-order valence-electron chi connectivity index (χ2n) is 8.23. The summed E-state index contributed by atoms with van der Waals surface area (Å²) < 4.78 is 10.8. The Balaban J connectivity index is 1.53. The molecule has 182 valence electrons. The summed E-state index contributed by atoms with van der Waals surface area (Å²) in [6.07, 6.45) is 0.600. The molecule has 0 spiro atoms. The number of amides is 2. The van der Waals surface area contributed by atoms with Crippen LogP contribution in [0.3, 0.4) is 0 Å². The predicted molar refractivity (Wildman–Crippen MR) is 138 cm³/mol. The largest absolute Gasteiger partial charge is 0.493 e.